The molecule has 28 heavy (non-hydrogen) atoms. The van der Waals surface area contributed by atoms with Gasteiger partial charge in [0.05, 0.1) is 25.0 Å². The predicted molar refractivity (Wildman–Crippen MR) is 109 cm³/mol. The summed E-state index contributed by atoms with van der Waals surface area (Å²) in [6.07, 6.45) is 3.67. The number of hydrogen-bond acceptors (Lipinski definition) is 3. The number of rotatable bonds is 5. The van der Waals surface area contributed by atoms with Crippen LogP contribution in [0.25, 0.3) is 16.6 Å². The van der Waals surface area contributed by atoms with Crippen LogP contribution in [0.2, 0.25) is 0 Å². The monoisotopic (exact) mass is 374 g/mol. The van der Waals surface area contributed by atoms with E-state index >= 15 is 0 Å². The van der Waals surface area contributed by atoms with Crippen molar-refractivity contribution >= 4 is 16.8 Å². The van der Waals surface area contributed by atoms with Crippen LogP contribution in [-0.4, -0.2) is 27.8 Å². The number of fused-ring (bicyclic) bond motifs is 1. The van der Waals surface area contributed by atoms with Crippen LogP contribution in [-0.2, 0) is 0 Å². The molecule has 0 unspecified atom stereocenters. The number of nitrogens with zero attached hydrogens (tertiary/aromatic N) is 2. The number of carbonyl (C=O) groups excluding carboxylic acids is 1. The number of carbonyl (C=O) groups is 1. The van der Waals surface area contributed by atoms with Gasteiger partial charge in [0.15, 0.2) is 0 Å². The SMILES string of the molecule is COc1ccc(-n2ncc([C@H](C)NC(=O)c3ccc4[nH]ccc4c3)c2C)cc1. The van der Waals surface area contributed by atoms with Crippen LogP contribution < -0.4 is 10.1 Å². The van der Waals surface area contributed by atoms with Crippen molar-refractivity contribution in [2.24, 2.45) is 0 Å². The molecule has 0 aliphatic carbocycles. The summed E-state index contributed by atoms with van der Waals surface area (Å²) in [6.45, 7) is 3.97. The lowest BCUT2D eigenvalue weighted by Crippen LogP contribution is -2.26. The van der Waals surface area contributed by atoms with Crippen molar-refractivity contribution in [3.8, 4) is 11.4 Å². The molecule has 6 nitrogen and oxygen atoms in total. The van der Waals surface area contributed by atoms with Crippen molar-refractivity contribution < 1.29 is 9.53 Å². The van der Waals surface area contributed by atoms with Crippen LogP contribution in [0, 0.1) is 6.92 Å². The molecular weight excluding hydrogens is 352 g/mol. The summed E-state index contributed by atoms with van der Waals surface area (Å²) in [5, 5.41) is 8.59. The number of methoxy groups -OCH3 is 1. The summed E-state index contributed by atoms with van der Waals surface area (Å²) in [7, 11) is 1.64. The van der Waals surface area contributed by atoms with Gasteiger partial charge in [-0.1, -0.05) is 0 Å². The van der Waals surface area contributed by atoms with Gasteiger partial charge in [-0.2, -0.15) is 5.10 Å². The first-order chi connectivity index (χ1) is 13.6. The van der Waals surface area contributed by atoms with Gasteiger partial charge in [-0.3, -0.25) is 4.79 Å². The molecular formula is C22H22N4O2. The zero-order valence-electron chi connectivity index (χ0n) is 16.1. The number of benzene rings is 2. The molecule has 4 rings (SSSR count). The van der Waals surface area contributed by atoms with Gasteiger partial charge in [-0.25, -0.2) is 4.68 Å². The molecule has 1 amide bonds. The molecule has 0 saturated carbocycles. The fourth-order valence-corrected chi connectivity index (χ4v) is 3.38. The third-order valence-electron chi connectivity index (χ3n) is 4.99. The first-order valence-electron chi connectivity index (χ1n) is 9.14. The Morgan fingerprint density at radius 1 is 1.18 bits per heavy atom. The van der Waals surface area contributed by atoms with Gasteiger partial charge in [0, 0.05) is 33.9 Å². The fourth-order valence-electron chi connectivity index (χ4n) is 3.38. The van der Waals surface area contributed by atoms with Gasteiger partial charge < -0.3 is 15.0 Å². The number of nitrogens with one attached hydrogen (secondary N) is 2. The number of aromatic amines is 1. The summed E-state index contributed by atoms with van der Waals surface area (Å²) in [5.74, 6) is 0.695. The maximum absolute atomic E-state index is 12.7. The summed E-state index contributed by atoms with van der Waals surface area (Å²) in [4.78, 5) is 15.8. The smallest absolute Gasteiger partial charge is 0.251 e. The van der Waals surface area contributed by atoms with E-state index in [0.29, 0.717) is 5.56 Å². The maximum Gasteiger partial charge on any atom is 0.251 e. The summed E-state index contributed by atoms with van der Waals surface area (Å²) in [6, 6.07) is 15.1. The van der Waals surface area contributed by atoms with Gasteiger partial charge in [0.2, 0.25) is 0 Å². The van der Waals surface area contributed by atoms with Crippen LogP contribution in [0.4, 0.5) is 0 Å². The van der Waals surface area contributed by atoms with Gasteiger partial charge in [0.25, 0.3) is 5.91 Å². The highest BCUT2D eigenvalue weighted by atomic mass is 16.5. The van der Waals surface area contributed by atoms with Crippen LogP contribution in [0.15, 0.2) is 60.9 Å². The first kappa shape index (κ1) is 17.9. The molecule has 2 aromatic carbocycles. The highest BCUT2D eigenvalue weighted by Gasteiger charge is 2.17. The van der Waals surface area contributed by atoms with E-state index in [1.165, 1.54) is 0 Å². The van der Waals surface area contributed by atoms with Crippen LogP contribution >= 0.6 is 0 Å². The van der Waals surface area contributed by atoms with E-state index in [4.69, 9.17) is 4.74 Å². The van der Waals surface area contributed by atoms with E-state index < -0.39 is 0 Å². The molecule has 142 valence electrons. The van der Waals surface area contributed by atoms with Crippen LogP contribution in [0.5, 0.6) is 5.75 Å². The number of ether oxygens (including phenoxy) is 1. The largest absolute Gasteiger partial charge is 0.497 e. The van der Waals surface area contributed by atoms with Crippen molar-refractivity contribution in [1.82, 2.24) is 20.1 Å². The Labute approximate surface area is 163 Å². The zero-order chi connectivity index (χ0) is 19.7. The van der Waals surface area contributed by atoms with E-state index in [1.807, 2.05) is 73.3 Å². The van der Waals surface area contributed by atoms with Crippen LogP contribution in [0.3, 0.4) is 0 Å². The summed E-state index contributed by atoms with van der Waals surface area (Å²) < 4.78 is 7.07. The first-order valence-corrected chi connectivity index (χ1v) is 9.14. The van der Waals surface area contributed by atoms with Crippen molar-refractivity contribution in [1.29, 1.82) is 0 Å². The lowest BCUT2D eigenvalue weighted by atomic mass is 10.1. The highest BCUT2D eigenvalue weighted by molar-refractivity contribution is 5.98. The minimum absolute atomic E-state index is 0.104. The van der Waals surface area contributed by atoms with Gasteiger partial charge in [-0.15, -0.1) is 0 Å². The molecule has 2 heterocycles. The highest BCUT2D eigenvalue weighted by Crippen LogP contribution is 2.22. The Morgan fingerprint density at radius 2 is 1.96 bits per heavy atom. The summed E-state index contributed by atoms with van der Waals surface area (Å²) in [5.41, 5.74) is 4.56. The van der Waals surface area contributed by atoms with E-state index in [2.05, 4.69) is 15.4 Å². The third-order valence-corrected chi connectivity index (χ3v) is 4.99. The Hall–Kier alpha value is -3.54. The average molecular weight is 374 g/mol. The van der Waals surface area contributed by atoms with Gasteiger partial charge in [-0.05, 0) is 62.4 Å². The van der Waals surface area contributed by atoms with E-state index in [0.717, 1.165) is 33.6 Å². The molecule has 0 aliphatic rings. The second kappa shape index (κ2) is 7.23. The molecule has 6 heteroatoms. The Bertz CT molecular complexity index is 1130. The Balaban J connectivity index is 1.53. The average Bonchev–Trinajstić information content (AvgIpc) is 3.33. The third kappa shape index (κ3) is 3.24. The van der Waals surface area contributed by atoms with Crippen molar-refractivity contribution in [3.05, 3.63) is 77.7 Å². The number of H-pyrrole nitrogens is 1. The normalized spacial score (nSPS) is 12.1. The topological polar surface area (TPSA) is 71.9 Å². The van der Waals surface area contributed by atoms with E-state index in [9.17, 15) is 4.79 Å². The molecule has 0 saturated heterocycles. The number of amides is 1. The van der Waals surface area contributed by atoms with Crippen molar-refractivity contribution in [2.45, 2.75) is 19.9 Å². The molecule has 0 radical (unpaired) electrons. The number of hydrogen-bond donors (Lipinski definition) is 2. The number of aromatic nitrogens is 3. The standard InChI is InChI=1S/C22H22N4O2/c1-14(25-22(27)17-4-9-21-16(12-17)10-11-23-21)20-13-24-26(15(20)2)18-5-7-19(28-3)8-6-18/h4-14,23H,1-3H3,(H,25,27)/t14-/m0/s1. The molecule has 1 atom stereocenters. The minimum Gasteiger partial charge on any atom is -0.497 e. The minimum atomic E-state index is -0.165. The molecule has 0 aliphatic heterocycles. The predicted octanol–water partition coefficient (Wildman–Crippen LogP) is 4.16. The van der Waals surface area contributed by atoms with Gasteiger partial charge >= 0.3 is 0 Å². The molecule has 4 aromatic rings. The quantitative estimate of drug-likeness (QED) is 0.551. The second-order valence-electron chi connectivity index (χ2n) is 6.77. The summed E-state index contributed by atoms with van der Waals surface area (Å²) >= 11 is 0. The Morgan fingerprint density at radius 3 is 2.71 bits per heavy atom. The molecule has 2 aromatic heterocycles. The van der Waals surface area contributed by atoms with E-state index in [1.54, 1.807) is 13.3 Å². The fraction of sp³-hybridized carbons (Fsp3) is 0.182. The maximum atomic E-state index is 12.7. The van der Waals surface area contributed by atoms with Crippen molar-refractivity contribution in [3.63, 3.8) is 0 Å². The van der Waals surface area contributed by atoms with E-state index in [-0.39, 0.29) is 11.9 Å². The van der Waals surface area contributed by atoms with Crippen molar-refractivity contribution in [2.75, 3.05) is 7.11 Å². The molecule has 0 bridgehead atoms. The van der Waals surface area contributed by atoms with Gasteiger partial charge in [0.1, 0.15) is 5.75 Å². The lowest BCUT2D eigenvalue weighted by Gasteiger charge is -2.14. The molecule has 0 fully saturated rings. The second-order valence-corrected chi connectivity index (χ2v) is 6.77. The molecule has 2 N–H and O–H groups in total. The lowest BCUT2D eigenvalue weighted by molar-refractivity contribution is 0.0940. The zero-order valence-corrected chi connectivity index (χ0v) is 16.1. The Kier molecular flexibility index (Phi) is 4.61. The van der Waals surface area contributed by atoms with Crippen LogP contribution in [0.1, 0.15) is 34.6 Å². The molecule has 0 spiro atoms.